The summed E-state index contributed by atoms with van der Waals surface area (Å²) in [6.45, 7) is 2.07. The molecule has 5 nitrogen and oxygen atoms in total. The number of rotatable bonds is 4. The number of ether oxygens (including phenoxy) is 1. The normalized spacial score (nSPS) is 16.0. The van der Waals surface area contributed by atoms with E-state index >= 15 is 0 Å². The van der Waals surface area contributed by atoms with Gasteiger partial charge in [0, 0.05) is 25.2 Å². The van der Waals surface area contributed by atoms with Crippen molar-refractivity contribution < 1.29 is 19.7 Å². The van der Waals surface area contributed by atoms with Gasteiger partial charge >= 0.3 is 5.97 Å². The number of β-amino-alcohol motifs (C(OH)–C–C–N with tert-alkyl or cyclic N) is 1. The molecule has 2 N–H and O–H groups in total. The van der Waals surface area contributed by atoms with Gasteiger partial charge in [0.05, 0.1) is 6.10 Å². The first-order valence-electron chi connectivity index (χ1n) is 7.58. The molecule has 0 saturated carbocycles. The molecule has 0 amide bonds. The molecule has 0 aromatic heterocycles. The van der Waals surface area contributed by atoms with Crippen LogP contribution in [0.2, 0.25) is 0 Å². The zero-order valence-corrected chi connectivity index (χ0v) is 12.7. The van der Waals surface area contributed by atoms with Crippen molar-refractivity contribution in [2.45, 2.75) is 12.6 Å². The largest absolute Gasteiger partial charge is 0.491 e. The fraction of sp³-hybridized carbons (Fsp3) is 0.278. The number of aromatic carboxylic acids is 1. The average molecular weight is 313 g/mol. The van der Waals surface area contributed by atoms with Crippen LogP contribution in [0.25, 0.3) is 0 Å². The number of para-hydroxylation sites is 1. The van der Waals surface area contributed by atoms with Gasteiger partial charge in [0.15, 0.2) is 0 Å². The Morgan fingerprint density at radius 1 is 1.17 bits per heavy atom. The van der Waals surface area contributed by atoms with Crippen LogP contribution < -0.4 is 4.74 Å². The van der Waals surface area contributed by atoms with E-state index in [1.807, 2.05) is 36.4 Å². The number of fused-ring (bicyclic) bond motifs is 1. The smallest absolute Gasteiger partial charge is 0.339 e. The quantitative estimate of drug-likeness (QED) is 0.906. The van der Waals surface area contributed by atoms with Gasteiger partial charge in [-0.25, -0.2) is 4.79 Å². The Hall–Kier alpha value is -2.37. The Morgan fingerprint density at radius 3 is 2.70 bits per heavy atom. The second-order valence-corrected chi connectivity index (χ2v) is 5.61. The molecule has 5 heteroatoms. The molecule has 0 bridgehead atoms. The van der Waals surface area contributed by atoms with Gasteiger partial charge < -0.3 is 14.9 Å². The van der Waals surface area contributed by atoms with E-state index in [0.29, 0.717) is 32.0 Å². The van der Waals surface area contributed by atoms with E-state index in [4.69, 9.17) is 4.74 Å². The van der Waals surface area contributed by atoms with E-state index in [1.165, 1.54) is 0 Å². The predicted molar refractivity (Wildman–Crippen MR) is 85.6 cm³/mol. The Morgan fingerprint density at radius 2 is 1.96 bits per heavy atom. The maximum atomic E-state index is 11.3. The summed E-state index contributed by atoms with van der Waals surface area (Å²) in [5, 5.41) is 19.6. The molecule has 3 rings (SSSR count). The topological polar surface area (TPSA) is 70.0 Å². The van der Waals surface area contributed by atoms with Crippen molar-refractivity contribution in [1.82, 2.24) is 4.90 Å². The summed E-state index contributed by atoms with van der Waals surface area (Å²) in [4.78, 5) is 13.4. The number of aliphatic hydroxyl groups is 1. The highest BCUT2D eigenvalue weighted by molar-refractivity contribution is 5.91. The second-order valence-electron chi connectivity index (χ2n) is 5.61. The molecule has 0 unspecified atom stereocenters. The molecular formula is C18H19NO4. The zero-order chi connectivity index (χ0) is 16.2. The van der Waals surface area contributed by atoms with E-state index in [1.54, 1.807) is 12.1 Å². The lowest BCUT2D eigenvalue weighted by Crippen LogP contribution is -2.30. The van der Waals surface area contributed by atoms with Gasteiger partial charge in [-0.3, -0.25) is 4.90 Å². The van der Waals surface area contributed by atoms with Crippen molar-refractivity contribution in [2.75, 3.05) is 19.7 Å². The lowest BCUT2D eigenvalue weighted by atomic mass is 10.1. The third-order valence-corrected chi connectivity index (χ3v) is 3.99. The van der Waals surface area contributed by atoms with E-state index in [0.717, 1.165) is 11.1 Å². The molecule has 0 saturated heterocycles. The van der Waals surface area contributed by atoms with Gasteiger partial charge in [-0.05, 0) is 11.6 Å². The van der Waals surface area contributed by atoms with Crippen molar-refractivity contribution in [2.24, 2.45) is 0 Å². The molecule has 1 heterocycles. The van der Waals surface area contributed by atoms with Crippen LogP contribution in [-0.2, 0) is 6.54 Å². The van der Waals surface area contributed by atoms with E-state index < -0.39 is 12.1 Å². The first-order valence-corrected chi connectivity index (χ1v) is 7.58. The SMILES string of the molecule is O=C(O)c1cccc2c1OCCN(C[C@H](O)c1ccccc1)C2. The van der Waals surface area contributed by atoms with E-state index in [2.05, 4.69) is 4.90 Å². The zero-order valence-electron chi connectivity index (χ0n) is 12.7. The Balaban J connectivity index is 1.77. The molecule has 0 aliphatic carbocycles. The van der Waals surface area contributed by atoms with Crippen molar-refractivity contribution >= 4 is 5.97 Å². The summed E-state index contributed by atoms with van der Waals surface area (Å²) in [5.74, 6) is -0.545. The minimum Gasteiger partial charge on any atom is -0.491 e. The van der Waals surface area contributed by atoms with Crippen molar-refractivity contribution in [1.29, 1.82) is 0 Å². The van der Waals surface area contributed by atoms with Crippen LogP contribution >= 0.6 is 0 Å². The van der Waals surface area contributed by atoms with E-state index in [-0.39, 0.29) is 5.56 Å². The van der Waals surface area contributed by atoms with Crippen LogP contribution in [0, 0.1) is 0 Å². The lowest BCUT2D eigenvalue weighted by Gasteiger charge is -2.23. The van der Waals surface area contributed by atoms with Gasteiger partial charge in [-0.2, -0.15) is 0 Å². The molecule has 1 aliphatic rings. The van der Waals surface area contributed by atoms with Crippen LogP contribution in [0.15, 0.2) is 48.5 Å². The Labute approximate surface area is 134 Å². The first kappa shape index (κ1) is 15.5. The molecule has 0 fully saturated rings. The van der Waals surface area contributed by atoms with Crippen molar-refractivity contribution in [3.05, 3.63) is 65.2 Å². The number of hydrogen-bond acceptors (Lipinski definition) is 4. The van der Waals surface area contributed by atoms with Crippen LogP contribution in [-0.4, -0.2) is 40.8 Å². The lowest BCUT2D eigenvalue weighted by molar-refractivity contribution is 0.0692. The molecule has 1 atom stereocenters. The highest BCUT2D eigenvalue weighted by Gasteiger charge is 2.22. The summed E-state index contributed by atoms with van der Waals surface area (Å²) in [6, 6.07) is 14.7. The van der Waals surface area contributed by atoms with Crippen molar-refractivity contribution in [3.8, 4) is 5.75 Å². The second kappa shape index (κ2) is 6.81. The Bertz CT molecular complexity index is 687. The maximum Gasteiger partial charge on any atom is 0.339 e. The highest BCUT2D eigenvalue weighted by Crippen LogP contribution is 2.28. The van der Waals surface area contributed by atoms with Gasteiger partial charge in [-0.15, -0.1) is 0 Å². The molecule has 1 aliphatic heterocycles. The average Bonchev–Trinajstić information content (AvgIpc) is 2.76. The molecule has 23 heavy (non-hydrogen) atoms. The number of benzene rings is 2. The highest BCUT2D eigenvalue weighted by atomic mass is 16.5. The maximum absolute atomic E-state index is 11.3. The fourth-order valence-corrected chi connectivity index (χ4v) is 2.83. The van der Waals surface area contributed by atoms with Crippen LogP contribution in [0.5, 0.6) is 5.75 Å². The minimum atomic E-state index is -0.986. The molecule has 2 aromatic rings. The molecule has 0 spiro atoms. The number of hydrogen-bond donors (Lipinski definition) is 2. The summed E-state index contributed by atoms with van der Waals surface area (Å²) in [7, 11) is 0. The van der Waals surface area contributed by atoms with E-state index in [9.17, 15) is 15.0 Å². The summed E-state index contributed by atoms with van der Waals surface area (Å²) in [6.07, 6.45) is -0.583. The minimum absolute atomic E-state index is 0.188. The third-order valence-electron chi connectivity index (χ3n) is 3.99. The summed E-state index contributed by atoms with van der Waals surface area (Å²) in [5.41, 5.74) is 1.90. The number of nitrogens with zero attached hydrogens (tertiary/aromatic N) is 1. The number of carboxylic acids is 1. The summed E-state index contributed by atoms with van der Waals surface area (Å²) < 4.78 is 5.65. The van der Waals surface area contributed by atoms with Gasteiger partial charge in [0.25, 0.3) is 0 Å². The van der Waals surface area contributed by atoms with Crippen LogP contribution in [0.4, 0.5) is 0 Å². The third kappa shape index (κ3) is 3.52. The molecule has 2 aromatic carbocycles. The van der Waals surface area contributed by atoms with Crippen molar-refractivity contribution in [3.63, 3.8) is 0 Å². The van der Waals surface area contributed by atoms with Gasteiger partial charge in [0.1, 0.15) is 17.9 Å². The number of carbonyl (C=O) groups is 1. The number of aliphatic hydroxyl groups excluding tert-OH is 1. The molecular weight excluding hydrogens is 294 g/mol. The molecule has 120 valence electrons. The Kier molecular flexibility index (Phi) is 4.60. The fourth-order valence-electron chi connectivity index (χ4n) is 2.83. The van der Waals surface area contributed by atoms with Gasteiger partial charge in [-0.1, -0.05) is 42.5 Å². The molecule has 0 radical (unpaired) electrons. The van der Waals surface area contributed by atoms with Gasteiger partial charge in [0.2, 0.25) is 0 Å². The predicted octanol–water partition coefficient (Wildman–Crippen LogP) is 2.31. The summed E-state index contributed by atoms with van der Waals surface area (Å²) >= 11 is 0. The van der Waals surface area contributed by atoms with Crippen LogP contribution in [0.3, 0.4) is 0 Å². The standard InChI is InChI=1S/C18H19NO4/c20-16(13-5-2-1-3-6-13)12-19-9-10-23-17-14(11-19)7-4-8-15(17)18(21)22/h1-8,16,20H,9-12H2,(H,21,22)/t16-/m0/s1. The monoisotopic (exact) mass is 313 g/mol. The van der Waals surface area contributed by atoms with Crippen LogP contribution in [0.1, 0.15) is 27.6 Å². The first-order chi connectivity index (χ1) is 11.1. The number of carboxylic acid groups (broad SMARTS) is 1.